The zero-order valence-electron chi connectivity index (χ0n) is 7.97. The maximum Gasteiger partial charge on any atom is 0.271 e. The summed E-state index contributed by atoms with van der Waals surface area (Å²) in [6.45, 7) is 0. The molecule has 0 saturated heterocycles. The van der Waals surface area contributed by atoms with Crippen molar-refractivity contribution in [3.8, 4) is 6.07 Å². The number of H-pyrrole nitrogens is 1. The van der Waals surface area contributed by atoms with E-state index in [1.54, 1.807) is 12.3 Å². The van der Waals surface area contributed by atoms with Gasteiger partial charge in [-0.25, -0.2) is 8.42 Å². The van der Waals surface area contributed by atoms with Gasteiger partial charge in [-0.15, -0.1) is 11.3 Å². The van der Waals surface area contributed by atoms with E-state index in [0.29, 0.717) is 10.6 Å². The van der Waals surface area contributed by atoms with Crippen LogP contribution in [0.25, 0.3) is 0 Å². The molecule has 2 N–H and O–H groups in total. The van der Waals surface area contributed by atoms with Crippen molar-refractivity contribution < 1.29 is 8.42 Å². The molecule has 5 nitrogen and oxygen atoms in total. The number of nitrogens with one attached hydrogen (secondary N) is 2. The van der Waals surface area contributed by atoms with Gasteiger partial charge in [0.1, 0.15) is 15.2 Å². The molecule has 0 unspecified atom stereocenters. The molecule has 0 spiro atoms. The van der Waals surface area contributed by atoms with Crippen LogP contribution in [0.1, 0.15) is 4.88 Å². The molecular weight excluding hydrogens is 246 g/mol. The quantitative estimate of drug-likeness (QED) is 0.873. The average molecular weight is 253 g/mol. The van der Waals surface area contributed by atoms with Gasteiger partial charge in [0.2, 0.25) is 0 Å². The number of rotatable bonds is 3. The highest BCUT2D eigenvalue weighted by Gasteiger charge is 2.16. The van der Waals surface area contributed by atoms with Crippen LogP contribution in [0, 0.1) is 11.3 Å². The molecule has 0 atom stereocenters. The van der Waals surface area contributed by atoms with Crippen molar-refractivity contribution in [2.45, 2.75) is 4.21 Å². The van der Waals surface area contributed by atoms with Gasteiger partial charge >= 0.3 is 0 Å². The van der Waals surface area contributed by atoms with Gasteiger partial charge < -0.3 is 4.98 Å². The van der Waals surface area contributed by atoms with Crippen LogP contribution < -0.4 is 4.72 Å². The standard InChI is InChI=1S/C9H7N3O2S2/c10-5-8-1-2-9(15-8)16(13,14)12-7-3-4-11-6-7/h1-4,6,11-12H. The first-order valence-electron chi connectivity index (χ1n) is 4.27. The molecule has 0 amide bonds. The van der Waals surface area contributed by atoms with Crippen molar-refractivity contribution in [1.82, 2.24) is 4.98 Å². The highest BCUT2D eigenvalue weighted by molar-refractivity contribution is 7.94. The smallest absolute Gasteiger partial charge is 0.271 e. The average Bonchev–Trinajstić information content (AvgIpc) is 2.85. The van der Waals surface area contributed by atoms with Gasteiger partial charge in [0.05, 0.1) is 5.69 Å². The summed E-state index contributed by atoms with van der Waals surface area (Å²) in [5.41, 5.74) is 0.465. The predicted octanol–water partition coefficient (Wildman–Crippen LogP) is 1.75. The number of nitrogens with zero attached hydrogens (tertiary/aromatic N) is 1. The second kappa shape index (κ2) is 4.00. The largest absolute Gasteiger partial charge is 0.366 e. The van der Waals surface area contributed by atoms with Crippen molar-refractivity contribution in [3.05, 3.63) is 35.5 Å². The monoisotopic (exact) mass is 253 g/mol. The SMILES string of the molecule is N#Cc1ccc(S(=O)(=O)Nc2cc[nH]c2)s1. The normalized spacial score (nSPS) is 10.9. The summed E-state index contributed by atoms with van der Waals surface area (Å²) in [5, 5.41) is 8.61. The van der Waals surface area contributed by atoms with Crippen LogP contribution in [0.4, 0.5) is 5.69 Å². The van der Waals surface area contributed by atoms with Crippen LogP contribution in [0.5, 0.6) is 0 Å². The molecule has 2 aromatic heterocycles. The first-order valence-corrected chi connectivity index (χ1v) is 6.57. The number of nitriles is 1. The van der Waals surface area contributed by atoms with Gasteiger partial charge in [0, 0.05) is 12.4 Å². The Morgan fingerprint density at radius 3 is 2.75 bits per heavy atom. The van der Waals surface area contributed by atoms with E-state index in [4.69, 9.17) is 5.26 Å². The van der Waals surface area contributed by atoms with Crippen LogP contribution >= 0.6 is 11.3 Å². The Bertz CT molecular complexity index is 620. The lowest BCUT2D eigenvalue weighted by atomic mass is 10.5. The molecule has 0 aliphatic carbocycles. The molecule has 0 aromatic carbocycles. The van der Waals surface area contributed by atoms with E-state index in [0.717, 1.165) is 11.3 Å². The van der Waals surface area contributed by atoms with Crippen molar-refractivity contribution >= 4 is 27.0 Å². The summed E-state index contributed by atoms with van der Waals surface area (Å²) >= 11 is 0.940. The summed E-state index contributed by atoms with van der Waals surface area (Å²) in [7, 11) is -3.58. The fourth-order valence-corrected chi connectivity index (χ4v) is 3.27. The lowest BCUT2D eigenvalue weighted by Gasteiger charge is -2.02. The molecule has 16 heavy (non-hydrogen) atoms. The van der Waals surface area contributed by atoms with E-state index in [2.05, 4.69) is 9.71 Å². The van der Waals surface area contributed by atoms with Crippen LogP contribution in [-0.2, 0) is 10.0 Å². The topological polar surface area (TPSA) is 85.8 Å². The third-order valence-corrected chi connectivity index (χ3v) is 4.67. The van der Waals surface area contributed by atoms with E-state index in [9.17, 15) is 8.42 Å². The van der Waals surface area contributed by atoms with Gasteiger partial charge in [0.25, 0.3) is 10.0 Å². The number of hydrogen-bond acceptors (Lipinski definition) is 4. The molecule has 0 aliphatic heterocycles. The van der Waals surface area contributed by atoms with Crippen molar-refractivity contribution in [2.75, 3.05) is 4.72 Å². The van der Waals surface area contributed by atoms with Gasteiger partial charge in [-0.05, 0) is 18.2 Å². The third kappa shape index (κ3) is 2.08. The number of thiophene rings is 1. The van der Waals surface area contributed by atoms with Crippen molar-refractivity contribution in [2.24, 2.45) is 0 Å². The Kier molecular flexibility index (Phi) is 2.68. The molecule has 2 aromatic rings. The maximum absolute atomic E-state index is 11.8. The molecule has 0 radical (unpaired) electrons. The number of hydrogen-bond donors (Lipinski definition) is 2. The zero-order chi connectivity index (χ0) is 11.6. The van der Waals surface area contributed by atoms with Crippen molar-refractivity contribution in [3.63, 3.8) is 0 Å². The molecule has 7 heteroatoms. The number of aromatic amines is 1. The minimum absolute atomic E-state index is 0.130. The Morgan fingerprint density at radius 1 is 1.38 bits per heavy atom. The van der Waals surface area contributed by atoms with E-state index in [-0.39, 0.29) is 4.21 Å². The molecule has 0 saturated carbocycles. The minimum Gasteiger partial charge on any atom is -0.366 e. The summed E-state index contributed by atoms with van der Waals surface area (Å²) in [4.78, 5) is 3.11. The third-order valence-electron chi connectivity index (χ3n) is 1.81. The molecule has 2 heterocycles. The Balaban J connectivity index is 2.29. The van der Waals surface area contributed by atoms with Gasteiger partial charge in [-0.1, -0.05) is 0 Å². The zero-order valence-corrected chi connectivity index (χ0v) is 9.60. The number of aromatic nitrogens is 1. The second-order valence-electron chi connectivity index (χ2n) is 2.94. The molecular formula is C9H7N3O2S2. The van der Waals surface area contributed by atoms with Gasteiger partial charge in [-0.3, -0.25) is 4.72 Å². The lowest BCUT2D eigenvalue weighted by molar-refractivity contribution is 0.603. The number of anilines is 1. The van der Waals surface area contributed by atoms with Gasteiger partial charge in [-0.2, -0.15) is 5.26 Å². The predicted molar refractivity (Wildman–Crippen MR) is 60.6 cm³/mol. The fourth-order valence-electron chi connectivity index (χ4n) is 1.12. The van der Waals surface area contributed by atoms with E-state index < -0.39 is 10.0 Å². The first-order chi connectivity index (χ1) is 7.62. The van der Waals surface area contributed by atoms with Crippen LogP contribution in [0.15, 0.2) is 34.8 Å². The summed E-state index contributed by atoms with van der Waals surface area (Å²) in [5.74, 6) is 0. The van der Waals surface area contributed by atoms with E-state index >= 15 is 0 Å². The van der Waals surface area contributed by atoms with Crippen LogP contribution in [0.3, 0.4) is 0 Å². The maximum atomic E-state index is 11.8. The Morgan fingerprint density at radius 2 is 2.19 bits per heavy atom. The molecule has 0 bridgehead atoms. The highest BCUT2D eigenvalue weighted by Crippen LogP contribution is 2.23. The Hall–Kier alpha value is -1.78. The summed E-state index contributed by atoms with van der Waals surface area (Å²) in [6, 6.07) is 6.40. The lowest BCUT2D eigenvalue weighted by Crippen LogP contribution is -2.10. The van der Waals surface area contributed by atoms with Crippen LogP contribution in [0.2, 0.25) is 0 Å². The summed E-state index contributed by atoms with van der Waals surface area (Å²) < 4.78 is 26.1. The first kappa shape index (κ1) is 10.7. The van der Waals surface area contributed by atoms with E-state index in [1.165, 1.54) is 18.3 Å². The Labute approximate surface area is 96.4 Å². The second-order valence-corrected chi connectivity index (χ2v) is 5.93. The van der Waals surface area contributed by atoms with Crippen molar-refractivity contribution in [1.29, 1.82) is 5.26 Å². The summed E-state index contributed by atoms with van der Waals surface area (Å²) in [6.07, 6.45) is 3.16. The molecule has 0 fully saturated rings. The van der Waals surface area contributed by atoms with E-state index in [1.807, 2.05) is 6.07 Å². The molecule has 2 rings (SSSR count). The van der Waals surface area contributed by atoms with Gasteiger partial charge in [0.15, 0.2) is 0 Å². The molecule has 0 aliphatic rings. The fraction of sp³-hybridized carbons (Fsp3) is 0. The molecule has 82 valence electrons. The highest BCUT2D eigenvalue weighted by atomic mass is 32.2. The minimum atomic E-state index is -3.58. The number of sulfonamides is 1. The van der Waals surface area contributed by atoms with Crippen LogP contribution in [-0.4, -0.2) is 13.4 Å².